The molecule has 3 fully saturated rings. The average Bonchev–Trinajstić information content (AvgIpc) is 3.17. The molecule has 3 aliphatic rings. The summed E-state index contributed by atoms with van der Waals surface area (Å²) in [6.45, 7) is 9.21. The molecule has 17 heteroatoms. The number of carbonyl (C=O) groups is 2. The van der Waals surface area contributed by atoms with Crippen molar-refractivity contribution >= 4 is 22.0 Å². The van der Waals surface area contributed by atoms with Crippen LogP contribution in [-0.4, -0.2) is 128 Å². The topological polar surface area (TPSA) is 128 Å². The number of aliphatic carboxylic acids is 2. The van der Waals surface area contributed by atoms with Crippen LogP contribution in [0.4, 0.5) is 26.3 Å². The molecule has 0 radical (unpaired) electrons. The molecule has 3 heterocycles. The van der Waals surface area contributed by atoms with Gasteiger partial charge in [0.05, 0.1) is 18.5 Å². The number of likely N-dealkylation sites (N-methyl/N-ethyl adjacent to an activating group) is 1. The number of nitrogens with zero attached hydrogens (tertiary/aromatic N) is 3. The van der Waals surface area contributed by atoms with Gasteiger partial charge < -0.3 is 19.8 Å². The molecule has 2 N–H and O–H groups in total. The second-order valence-electron chi connectivity index (χ2n) is 8.55. The molecule has 0 saturated carbocycles. The molecule has 0 aromatic carbocycles. The van der Waals surface area contributed by atoms with Crippen LogP contribution in [0, 0.1) is 11.8 Å². The number of piperazine rings is 1. The molecule has 3 rings (SSSR count). The van der Waals surface area contributed by atoms with Gasteiger partial charge in [0.2, 0.25) is 10.0 Å². The first kappa shape index (κ1) is 32.3. The van der Waals surface area contributed by atoms with E-state index in [2.05, 4.69) is 16.8 Å². The predicted molar refractivity (Wildman–Crippen MR) is 114 cm³/mol. The Labute approximate surface area is 204 Å². The Morgan fingerprint density at radius 1 is 0.944 bits per heavy atom. The summed E-state index contributed by atoms with van der Waals surface area (Å²) in [6, 6.07) is 0. The van der Waals surface area contributed by atoms with Gasteiger partial charge in [-0.1, -0.05) is 0 Å². The number of sulfonamides is 1. The Morgan fingerprint density at radius 3 is 1.83 bits per heavy atom. The van der Waals surface area contributed by atoms with Gasteiger partial charge in [-0.2, -0.15) is 26.3 Å². The van der Waals surface area contributed by atoms with Crippen LogP contribution in [-0.2, 0) is 24.3 Å². The standard InChI is InChI=1S/C15H29N3O3S.2C2HF3O2/c1-3-22(19,20)18-5-4-13-12-21-15(14(13)10-18)11-17-8-6-16(2)7-9-17;2*3-2(4,5)1(6)7/h13-15H,3-12H2,1-2H3;2*(H,6,7)/t13-,14-,15+;;/m0../s1. The fourth-order valence-corrected chi connectivity index (χ4v) is 5.05. The minimum absolute atomic E-state index is 0.197. The molecule has 0 aromatic heterocycles. The summed E-state index contributed by atoms with van der Waals surface area (Å²) in [6.07, 6.45) is -9.02. The summed E-state index contributed by atoms with van der Waals surface area (Å²) in [5.41, 5.74) is 0. The molecule has 0 bridgehead atoms. The number of carboxylic acid groups (broad SMARTS) is 2. The van der Waals surface area contributed by atoms with E-state index in [1.807, 2.05) is 0 Å². The molecule has 212 valence electrons. The van der Waals surface area contributed by atoms with Crippen LogP contribution in [0.2, 0.25) is 0 Å². The highest BCUT2D eigenvalue weighted by molar-refractivity contribution is 7.89. The number of rotatable bonds is 4. The van der Waals surface area contributed by atoms with Gasteiger partial charge in [-0.05, 0) is 26.3 Å². The third-order valence-corrected chi connectivity index (χ3v) is 7.90. The smallest absolute Gasteiger partial charge is 0.475 e. The monoisotopic (exact) mass is 559 g/mol. The lowest BCUT2D eigenvalue weighted by Crippen LogP contribution is -2.50. The largest absolute Gasteiger partial charge is 0.490 e. The van der Waals surface area contributed by atoms with Crippen LogP contribution < -0.4 is 0 Å². The fourth-order valence-electron chi connectivity index (χ4n) is 3.91. The third-order valence-electron chi connectivity index (χ3n) is 6.05. The normalized spacial score (nSPS) is 26.2. The van der Waals surface area contributed by atoms with E-state index in [0.717, 1.165) is 45.8 Å². The van der Waals surface area contributed by atoms with Gasteiger partial charge >= 0.3 is 24.3 Å². The average molecular weight is 560 g/mol. The fraction of sp³-hybridized carbons (Fsp3) is 0.895. The Morgan fingerprint density at radius 2 is 1.42 bits per heavy atom. The molecule has 0 amide bonds. The Bertz CT molecular complexity index is 808. The maximum Gasteiger partial charge on any atom is 0.490 e. The zero-order valence-corrected chi connectivity index (χ0v) is 20.6. The number of ether oxygens (including phenoxy) is 1. The number of hydrogen-bond donors (Lipinski definition) is 2. The maximum atomic E-state index is 12.1. The van der Waals surface area contributed by atoms with Gasteiger partial charge in [-0.15, -0.1) is 0 Å². The highest BCUT2D eigenvalue weighted by Gasteiger charge is 2.44. The van der Waals surface area contributed by atoms with Crippen LogP contribution in [0.5, 0.6) is 0 Å². The van der Waals surface area contributed by atoms with Gasteiger partial charge in [0.25, 0.3) is 0 Å². The number of fused-ring (bicyclic) bond motifs is 1. The van der Waals surface area contributed by atoms with Gasteiger partial charge in [-0.3, -0.25) is 4.90 Å². The second kappa shape index (κ2) is 13.2. The van der Waals surface area contributed by atoms with E-state index in [1.54, 1.807) is 11.2 Å². The molecule has 3 atom stereocenters. The van der Waals surface area contributed by atoms with E-state index >= 15 is 0 Å². The van der Waals surface area contributed by atoms with Crippen LogP contribution in [0.15, 0.2) is 0 Å². The molecule has 0 aliphatic carbocycles. The number of halogens is 6. The quantitative estimate of drug-likeness (QED) is 0.489. The summed E-state index contributed by atoms with van der Waals surface area (Å²) in [5, 5.41) is 14.2. The number of piperidine rings is 1. The van der Waals surface area contributed by atoms with Crippen LogP contribution in [0.3, 0.4) is 0 Å². The number of hydrogen-bond acceptors (Lipinski definition) is 7. The lowest BCUT2D eigenvalue weighted by Gasteiger charge is -2.38. The molecule has 3 saturated heterocycles. The first-order chi connectivity index (χ1) is 16.4. The molecule has 0 aromatic rings. The molecule has 0 unspecified atom stereocenters. The molecule has 3 aliphatic heterocycles. The van der Waals surface area contributed by atoms with Crippen molar-refractivity contribution in [3.63, 3.8) is 0 Å². The lowest BCUT2D eigenvalue weighted by molar-refractivity contribution is -0.193. The molecular weight excluding hydrogens is 528 g/mol. The Kier molecular flexibility index (Phi) is 11.9. The molecular formula is C19H31F6N3O7S. The first-order valence-corrected chi connectivity index (χ1v) is 12.6. The molecule has 0 spiro atoms. The summed E-state index contributed by atoms with van der Waals surface area (Å²) < 4.78 is 95.5. The number of alkyl halides is 6. The van der Waals surface area contributed by atoms with Crippen LogP contribution in [0.1, 0.15) is 13.3 Å². The Balaban J connectivity index is 0.000000383. The zero-order chi connectivity index (χ0) is 27.9. The summed E-state index contributed by atoms with van der Waals surface area (Å²) in [5.74, 6) is -4.40. The van der Waals surface area contributed by atoms with Crippen molar-refractivity contribution in [2.45, 2.75) is 31.8 Å². The van der Waals surface area contributed by atoms with Gasteiger partial charge in [0.1, 0.15) is 0 Å². The van der Waals surface area contributed by atoms with Crippen molar-refractivity contribution < 1.29 is 59.3 Å². The van der Waals surface area contributed by atoms with Crippen molar-refractivity contribution in [2.24, 2.45) is 11.8 Å². The van der Waals surface area contributed by atoms with E-state index in [4.69, 9.17) is 24.5 Å². The van der Waals surface area contributed by atoms with Crippen molar-refractivity contribution in [3.05, 3.63) is 0 Å². The highest BCUT2D eigenvalue weighted by Crippen LogP contribution is 2.35. The van der Waals surface area contributed by atoms with Gasteiger partial charge in [0.15, 0.2) is 0 Å². The van der Waals surface area contributed by atoms with Crippen LogP contribution in [0.25, 0.3) is 0 Å². The van der Waals surface area contributed by atoms with Crippen molar-refractivity contribution in [1.29, 1.82) is 0 Å². The van der Waals surface area contributed by atoms with E-state index in [-0.39, 0.29) is 11.9 Å². The molecule has 10 nitrogen and oxygen atoms in total. The minimum Gasteiger partial charge on any atom is -0.475 e. The van der Waals surface area contributed by atoms with E-state index in [0.29, 0.717) is 24.9 Å². The maximum absolute atomic E-state index is 12.1. The number of carboxylic acids is 2. The summed E-state index contributed by atoms with van der Waals surface area (Å²) in [7, 11) is -0.905. The van der Waals surface area contributed by atoms with E-state index < -0.39 is 34.3 Å². The van der Waals surface area contributed by atoms with E-state index in [1.165, 1.54) is 0 Å². The SMILES string of the molecule is CCS(=O)(=O)N1CC[C@H]2CO[C@H](CN3CCN(C)CC3)[C@H]2C1.O=C(O)C(F)(F)F.O=C(O)C(F)(F)F. The van der Waals surface area contributed by atoms with Crippen molar-refractivity contribution in [3.8, 4) is 0 Å². The zero-order valence-electron chi connectivity index (χ0n) is 19.8. The Hall–Kier alpha value is -1.69. The lowest BCUT2D eigenvalue weighted by atomic mass is 9.85. The third kappa shape index (κ3) is 10.4. The van der Waals surface area contributed by atoms with Crippen LogP contribution >= 0.6 is 0 Å². The minimum atomic E-state index is -5.08. The van der Waals surface area contributed by atoms with Gasteiger partial charge in [0, 0.05) is 51.7 Å². The van der Waals surface area contributed by atoms with Crippen molar-refractivity contribution in [2.75, 3.05) is 65.2 Å². The van der Waals surface area contributed by atoms with E-state index in [9.17, 15) is 34.8 Å². The summed E-state index contributed by atoms with van der Waals surface area (Å²) in [4.78, 5) is 22.6. The highest BCUT2D eigenvalue weighted by atomic mass is 32.2. The van der Waals surface area contributed by atoms with Gasteiger partial charge in [-0.25, -0.2) is 22.3 Å². The van der Waals surface area contributed by atoms with Crippen molar-refractivity contribution in [1.82, 2.24) is 14.1 Å². The second-order valence-corrected chi connectivity index (χ2v) is 10.8. The molecule has 36 heavy (non-hydrogen) atoms. The summed E-state index contributed by atoms with van der Waals surface area (Å²) >= 11 is 0. The predicted octanol–water partition coefficient (Wildman–Crippen LogP) is 1.19. The first-order valence-electron chi connectivity index (χ1n) is 11.0.